The molecule has 0 saturated carbocycles. The van der Waals surface area contributed by atoms with Crippen molar-refractivity contribution in [3.05, 3.63) is 95.7 Å². The second-order valence-electron chi connectivity index (χ2n) is 6.18. The fourth-order valence-corrected chi connectivity index (χ4v) is 3.72. The largest absolute Gasteiger partial charge is 1.00 e. The van der Waals surface area contributed by atoms with Gasteiger partial charge in [0.25, 0.3) is 0 Å². The second kappa shape index (κ2) is 8.31. The van der Waals surface area contributed by atoms with Crippen molar-refractivity contribution < 1.29 is 54.3 Å². The molecule has 1 unspecified atom stereocenters. The van der Waals surface area contributed by atoms with Crippen LogP contribution in [0.1, 0.15) is 16.7 Å². The van der Waals surface area contributed by atoms with Crippen molar-refractivity contribution in [3.8, 4) is 0 Å². The third-order valence-corrected chi connectivity index (χ3v) is 5.22. The summed E-state index contributed by atoms with van der Waals surface area (Å²) < 4.78 is 37.8. The van der Waals surface area contributed by atoms with E-state index in [0.717, 1.165) is 39.7 Å². The van der Waals surface area contributed by atoms with E-state index in [9.17, 15) is 13.2 Å². The summed E-state index contributed by atoms with van der Waals surface area (Å²) in [6, 6.07) is 15.2. The summed E-state index contributed by atoms with van der Waals surface area (Å²) in [5.41, 5.74) is 2.92. The van der Waals surface area contributed by atoms with Crippen LogP contribution in [0.2, 0.25) is 0 Å². The van der Waals surface area contributed by atoms with Crippen LogP contribution in [-0.2, 0) is 26.7 Å². The van der Waals surface area contributed by atoms with Gasteiger partial charge in [0.05, 0.1) is 0 Å². The van der Waals surface area contributed by atoms with E-state index in [0.29, 0.717) is 0 Å². The summed E-state index contributed by atoms with van der Waals surface area (Å²) in [7, 11) is 0. The first-order valence-corrected chi connectivity index (χ1v) is 8.65. The molecule has 0 radical (unpaired) electrons. The Labute approximate surface area is 181 Å². The Bertz CT molecular complexity index is 1040. The maximum absolute atomic E-state index is 12.7. The van der Waals surface area contributed by atoms with Crippen molar-refractivity contribution in [1.29, 1.82) is 0 Å². The number of pyridine rings is 1. The molecule has 1 heterocycles. The Morgan fingerprint density at radius 2 is 1.57 bits per heavy atom. The van der Waals surface area contributed by atoms with Gasteiger partial charge >= 0.3 is 157 Å². The minimum absolute atomic E-state index is 0. The fraction of sp³-hybridized carbons (Fsp3) is 0.0952. The third kappa shape index (κ3) is 4.14. The Balaban J connectivity index is 0.00000140. The van der Waals surface area contributed by atoms with Crippen LogP contribution in [0.5, 0.6) is 0 Å². The molecule has 28 heavy (non-hydrogen) atoms. The maximum atomic E-state index is 12.7. The van der Waals surface area contributed by atoms with Crippen LogP contribution in [0.15, 0.2) is 79.0 Å². The molecule has 1 aliphatic rings. The van der Waals surface area contributed by atoms with E-state index < -0.39 is 16.0 Å². The smallest absolute Gasteiger partial charge is 1.00 e. The predicted octanol–water partition coefficient (Wildman–Crippen LogP) is -0.343. The molecule has 0 saturated heterocycles. The normalized spacial score (nSPS) is 18.3. The summed E-state index contributed by atoms with van der Waals surface area (Å²) in [6.45, 7) is 0. The van der Waals surface area contributed by atoms with Crippen molar-refractivity contribution in [2.45, 2.75) is 10.5 Å². The minimum atomic E-state index is -4.32. The van der Waals surface area contributed by atoms with Gasteiger partial charge in [0.1, 0.15) is 0 Å². The van der Waals surface area contributed by atoms with Crippen LogP contribution < -0.4 is 24.8 Å². The van der Waals surface area contributed by atoms with Gasteiger partial charge < -0.3 is 24.8 Å². The molecule has 143 valence electrons. The fourth-order valence-electron chi connectivity index (χ4n) is 3.16. The number of alkyl halides is 3. The molecule has 7 heteroatoms. The van der Waals surface area contributed by atoms with Crippen LogP contribution in [0, 0.1) is 0 Å². The van der Waals surface area contributed by atoms with Crippen molar-refractivity contribution in [2.24, 2.45) is 0 Å². The first kappa shape index (κ1) is 22.5. The summed E-state index contributed by atoms with van der Waals surface area (Å²) in [6.07, 6.45) is 3.41. The molecular weight excluding hydrogens is 446 g/mol. The van der Waals surface area contributed by atoms with E-state index in [1.807, 2.05) is 48.6 Å². The summed E-state index contributed by atoms with van der Waals surface area (Å²) in [5.74, 6) is 0. The zero-order valence-electron chi connectivity index (χ0n) is 14.3. The average molecular weight is 459 g/mol. The molecule has 0 spiro atoms. The predicted molar refractivity (Wildman–Crippen MR) is 92.0 cm³/mol. The number of aromatic nitrogens is 1. The summed E-state index contributed by atoms with van der Waals surface area (Å²) >= 11 is 3.21. The number of rotatable bonds is 2. The second-order valence-corrected chi connectivity index (χ2v) is 7.24. The van der Waals surface area contributed by atoms with Gasteiger partial charge in [-0.2, -0.15) is 0 Å². The van der Waals surface area contributed by atoms with Crippen LogP contribution in [0.25, 0.3) is 16.5 Å². The quantitative estimate of drug-likeness (QED) is 0.512. The van der Waals surface area contributed by atoms with Crippen molar-refractivity contribution in [1.82, 2.24) is 4.98 Å². The van der Waals surface area contributed by atoms with E-state index in [2.05, 4.69) is 21.3 Å². The van der Waals surface area contributed by atoms with Gasteiger partial charge in [-0.15, -0.1) is 0 Å². The molecule has 0 N–H and O–H groups in total. The van der Waals surface area contributed by atoms with Crippen LogP contribution in [0.3, 0.4) is 0 Å². The molecule has 3 aromatic rings. The summed E-state index contributed by atoms with van der Waals surface area (Å²) in [5, 5.41) is 1.05. The maximum Gasteiger partial charge on any atom is -1.00 e. The summed E-state index contributed by atoms with van der Waals surface area (Å²) in [4.78, 5) is 4.50. The molecule has 1 atom stereocenters. The number of hydrogen-bond donors (Lipinski definition) is 0. The number of allylic oxidation sites excluding steroid dienone is 4. The van der Waals surface area contributed by atoms with Gasteiger partial charge in [0.15, 0.2) is 0 Å². The zero-order chi connectivity index (χ0) is 18.4. The topological polar surface area (TPSA) is 12.9 Å². The van der Waals surface area contributed by atoms with Crippen molar-refractivity contribution in [2.75, 3.05) is 0 Å². The SMILES string of the molecule is FC(F)(F)c1ccc(C2=C[C]([Cr+2])(c3cccc4cccnc34)C=C2)cc1.[Cl-].[Cl-]. The number of fused-ring (bicyclic) bond motifs is 1. The molecule has 1 aliphatic carbocycles. The standard InChI is InChI=1S/C21H13F3N.2ClH.Cr/c22-21(23,24)18-10-8-14(9-11-18)16-6-7-17(13-16)19-5-1-3-15-4-2-12-25-20(15)19;;;/h1-13H;2*1H;/q;;;+2/p-2. The van der Waals surface area contributed by atoms with E-state index in [4.69, 9.17) is 0 Å². The number of halogens is 5. The molecule has 4 rings (SSSR count). The molecule has 0 amide bonds. The molecule has 0 aliphatic heterocycles. The van der Waals surface area contributed by atoms with Crippen LogP contribution in [0.4, 0.5) is 13.2 Å². The molecule has 1 aromatic heterocycles. The van der Waals surface area contributed by atoms with Gasteiger partial charge in [0.2, 0.25) is 0 Å². The van der Waals surface area contributed by atoms with Gasteiger partial charge in [-0.05, 0) is 0 Å². The van der Waals surface area contributed by atoms with Crippen LogP contribution >= 0.6 is 0 Å². The molecule has 0 bridgehead atoms. The van der Waals surface area contributed by atoms with Crippen LogP contribution in [-0.4, -0.2) is 4.98 Å². The first-order valence-electron chi connectivity index (χ1n) is 8.01. The monoisotopic (exact) mass is 458 g/mol. The minimum Gasteiger partial charge on any atom is -1.00 e. The number of para-hydroxylation sites is 1. The Morgan fingerprint density at radius 1 is 0.893 bits per heavy atom. The van der Waals surface area contributed by atoms with Gasteiger partial charge in [0, 0.05) is 0 Å². The number of benzene rings is 2. The molecule has 1 nitrogen and oxygen atoms in total. The van der Waals surface area contributed by atoms with Crippen molar-refractivity contribution in [3.63, 3.8) is 0 Å². The van der Waals surface area contributed by atoms with Gasteiger partial charge in [-0.3, -0.25) is 0 Å². The Kier molecular flexibility index (Phi) is 6.68. The first-order chi connectivity index (χ1) is 12.4. The third-order valence-electron chi connectivity index (χ3n) is 4.48. The van der Waals surface area contributed by atoms with Gasteiger partial charge in [-0.25, -0.2) is 0 Å². The van der Waals surface area contributed by atoms with E-state index in [-0.39, 0.29) is 24.8 Å². The zero-order valence-corrected chi connectivity index (χ0v) is 17.0. The Morgan fingerprint density at radius 3 is 2.25 bits per heavy atom. The van der Waals surface area contributed by atoms with E-state index >= 15 is 0 Å². The van der Waals surface area contributed by atoms with E-state index in [1.165, 1.54) is 12.1 Å². The Hall–Kier alpha value is -1.77. The van der Waals surface area contributed by atoms with Crippen molar-refractivity contribution >= 4 is 16.5 Å². The molecular formula is C21H13Cl2CrF3N. The molecule has 0 fully saturated rings. The number of hydrogen-bond acceptors (Lipinski definition) is 1. The van der Waals surface area contributed by atoms with Gasteiger partial charge in [-0.1, -0.05) is 0 Å². The van der Waals surface area contributed by atoms with E-state index in [1.54, 1.807) is 6.20 Å². The number of nitrogens with zero attached hydrogens (tertiary/aromatic N) is 1. The average Bonchev–Trinajstić information content (AvgIpc) is 3.04. The molecule has 2 aromatic carbocycles.